The molecule has 2 rings (SSSR count). The van der Waals surface area contributed by atoms with Crippen LogP contribution < -0.4 is 5.32 Å². The van der Waals surface area contributed by atoms with Gasteiger partial charge in [-0.1, -0.05) is 26.0 Å². The molecule has 0 spiro atoms. The van der Waals surface area contributed by atoms with Gasteiger partial charge < -0.3 is 10.2 Å². The minimum atomic E-state index is -0.0553. The maximum atomic E-state index is 12.4. The normalized spacial score (nSPS) is 10.5. The first-order valence-electron chi connectivity index (χ1n) is 10.1. The van der Waals surface area contributed by atoms with Gasteiger partial charge in [0.2, 0.25) is 11.8 Å². The molecule has 0 unspecified atom stereocenters. The molecule has 5 nitrogen and oxygen atoms in total. The summed E-state index contributed by atoms with van der Waals surface area (Å²) < 4.78 is 0. The number of carbonyl (C=O) groups excluding carboxylic acids is 2. The average Bonchev–Trinajstić information content (AvgIpc) is 2.70. The van der Waals surface area contributed by atoms with Crippen molar-refractivity contribution in [3.63, 3.8) is 0 Å². The van der Waals surface area contributed by atoms with Gasteiger partial charge in [0.25, 0.3) is 0 Å². The third-order valence-corrected chi connectivity index (χ3v) is 4.66. The number of benzene rings is 1. The van der Waals surface area contributed by atoms with Gasteiger partial charge in [-0.3, -0.25) is 14.6 Å². The van der Waals surface area contributed by atoms with E-state index in [4.69, 9.17) is 0 Å². The number of amides is 2. The molecular weight excluding hydrogens is 350 g/mol. The Balaban J connectivity index is 1.90. The van der Waals surface area contributed by atoms with Gasteiger partial charge in [-0.15, -0.1) is 0 Å². The number of carbonyl (C=O) groups is 2. The minimum absolute atomic E-state index is 0.0553. The van der Waals surface area contributed by atoms with E-state index in [-0.39, 0.29) is 11.8 Å². The summed E-state index contributed by atoms with van der Waals surface area (Å²) in [7, 11) is 0. The van der Waals surface area contributed by atoms with Gasteiger partial charge in [-0.2, -0.15) is 0 Å². The predicted octanol–water partition coefficient (Wildman–Crippen LogP) is 4.81. The van der Waals surface area contributed by atoms with Crippen molar-refractivity contribution in [1.82, 2.24) is 9.88 Å². The van der Waals surface area contributed by atoms with E-state index in [1.54, 1.807) is 12.4 Å². The third-order valence-electron chi connectivity index (χ3n) is 4.66. The third kappa shape index (κ3) is 6.48. The van der Waals surface area contributed by atoms with Crippen LogP contribution in [0.25, 0.3) is 11.1 Å². The molecule has 2 aromatic rings. The summed E-state index contributed by atoms with van der Waals surface area (Å²) in [6.07, 6.45) is 6.76. The molecule has 1 aromatic heterocycles. The van der Waals surface area contributed by atoms with Gasteiger partial charge in [0, 0.05) is 44.0 Å². The molecule has 0 saturated heterocycles. The van der Waals surface area contributed by atoms with E-state index in [0.717, 1.165) is 48.3 Å². The van der Waals surface area contributed by atoms with E-state index in [0.29, 0.717) is 19.3 Å². The van der Waals surface area contributed by atoms with Crippen molar-refractivity contribution in [1.29, 1.82) is 0 Å². The zero-order valence-electron chi connectivity index (χ0n) is 17.2. The lowest BCUT2D eigenvalue weighted by Gasteiger charge is -2.21. The van der Waals surface area contributed by atoms with E-state index in [9.17, 15) is 9.59 Å². The highest BCUT2D eigenvalue weighted by molar-refractivity contribution is 5.92. The Bertz CT molecular complexity index is 769. The number of anilines is 1. The van der Waals surface area contributed by atoms with Crippen LogP contribution >= 0.6 is 0 Å². The molecule has 150 valence electrons. The first-order chi connectivity index (χ1) is 13.5. The second kappa shape index (κ2) is 11.2. The first kappa shape index (κ1) is 21.6. The Morgan fingerprint density at radius 1 is 0.964 bits per heavy atom. The van der Waals surface area contributed by atoms with Crippen molar-refractivity contribution in [2.24, 2.45) is 0 Å². The molecule has 1 aromatic carbocycles. The minimum Gasteiger partial charge on any atom is -0.343 e. The van der Waals surface area contributed by atoms with Gasteiger partial charge in [-0.25, -0.2) is 0 Å². The fourth-order valence-corrected chi connectivity index (χ4v) is 3.15. The number of pyridine rings is 1. The maximum absolute atomic E-state index is 12.4. The molecule has 0 radical (unpaired) electrons. The molecule has 0 aliphatic heterocycles. The number of nitrogens with one attached hydrogen (secondary N) is 1. The van der Waals surface area contributed by atoms with E-state index in [1.165, 1.54) is 0 Å². The smallest absolute Gasteiger partial charge is 0.224 e. The van der Waals surface area contributed by atoms with Crippen LogP contribution in [0.2, 0.25) is 0 Å². The van der Waals surface area contributed by atoms with Gasteiger partial charge >= 0.3 is 0 Å². The predicted molar refractivity (Wildman–Crippen MR) is 114 cm³/mol. The maximum Gasteiger partial charge on any atom is 0.224 e. The van der Waals surface area contributed by atoms with Crippen molar-refractivity contribution in [2.75, 3.05) is 18.4 Å². The van der Waals surface area contributed by atoms with Crippen LogP contribution in [0.15, 0.2) is 42.7 Å². The second-order valence-corrected chi connectivity index (χ2v) is 7.05. The van der Waals surface area contributed by atoms with E-state index in [2.05, 4.69) is 24.1 Å². The quantitative estimate of drug-likeness (QED) is 0.642. The van der Waals surface area contributed by atoms with Crippen molar-refractivity contribution >= 4 is 17.5 Å². The summed E-state index contributed by atoms with van der Waals surface area (Å²) in [6.45, 7) is 7.71. The molecule has 0 bridgehead atoms. The summed E-state index contributed by atoms with van der Waals surface area (Å²) in [5, 5.41) is 2.99. The van der Waals surface area contributed by atoms with Crippen LogP contribution in [0, 0.1) is 6.92 Å². The van der Waals surface area contributed by atoms with Crippen LogP contribution in [0.5, 0.6) is 0 Å². The van der Waals surface area contributed by atoms with E-state index < -0.39 is 0 Å². The number of aromatic nitrogens is 1. The van der Waals surface area contributed by atoms with Crippen LogP contribution in [0.4, 0.5) is 5.69 Å². The SMILES string of the molecule is CCCN(CCC)C(=O)CCCC(=O)Nc1cc(-c2ccncc2)ccc1C. The zero-order valence-corrected chi connectivity index (χ0v) is 17.2. The van der Waals surface area contributed by atoms with Crippen LogP contribution in [0.3, 0.4) is 0 Å². The summed E-state index contributed by atoms with van der Waals surface area (Å²) in [5.41, 5.74) is 3.92. The fraction of sp³-hybridized carbons (Fsp3) is 0.435. The number of hydrogen-bond donors (Lipinski definition) is 1. The Kier molecular flexibility index (Phi) is 8.66. The number of nitrogens with zero attached hydrogens (tertiary/aromatic N) is 2. The molecular formula is C23H31N3O2. The average molecular weight is 382 g/mol. The topological polar surface area (TPSA) is 62.3 Å². The van der Waals surface area contributed by atoms with Gasteiger partial charge in [0.05, 0.1) is 0 Å². The molecule has 0 aliphatic carbocycles. The van der Waals surface area contributed by atoms with Crippen LogP contribution in [-0.4, -0.2) is 34.8 Å². The van der Waals surface area contributed by atoms with Crippen molar-refractivity contribution in [3.05, 3.63) is 48.3 Å². The van der Waals surface area contributed by atoms with E-state index in [1.807, 2.05) is 42.2 Å². The number of rotatable bonds is 10. The molecule has 1 N–H and O–H groups in total. The molecule has 2 amide bonds. The Morgan fingerprint density at radius 3 is 2.29 bits per heavy atom. The Labute approximate surface area is 168 Å². The Morgan fingerprint density at radius 2 is 1.64 bits per heavy atom. The van der Waals surface area contributed by atoms with Gasteiger partial charge in [0.15, 0.2) is 0 Å². The first-order valence-corrected chi connectivity index (χ1v) is 10.1. The molecule has 5 heteroatoms. The molecule has 0 atom stereocenters. The highest BCUT2D eigenvalue weighted by Crippen LogP contribution is 2.25. The lowest BCUT2D eigenvalue weighted by atomic mass is 10.0. The van der Waals surface area contributed by atoms with Crippen molar-refractivity contribution in [2.45, 2.75) is 52.9 Å². The largest absolute Gasteiger partial charge is 0.343 e. The summed E-state index contributed by atoms with van der Waals surface area (Å²) >= 11 is 0. The Hall–Kier alpha value is -2.69. The lowest BCUT2D eigenvalue weighted by Crippen LogP contribution is -2.32. The summed E-state index contributed by atoms with van der Waals surface area (Å²) in [6, 6.07) is 9.91. The van der Waals surface area contributed by atoms with Gasteiger partial charge in [0.1, 0.15) is 0 Å². The standard InChI is InChI=1S/C23H31N3O2/c1-4-15-26(16-5-2)23(28)8-6-7-22(27)25-21-17-20(10-9-18(21)3)19-11-13-24-14-12-19/h9-14,17H,4-8,15-16H2,1-3H3,(H,25,27). The molecule has 0 aliphatic rings. The lowest BCUT2D eigenvalue weighted by molar-refractivity contribution is -0.131. The van der Waals surface area contributed by atoms with Crippen molar-refractivity contribution in [3.8, 4) is 11.1 Å². The number of aryl methyl sites for hydroxylation is 1. The zero-order chi connectivity index (χ0) is 20.4. The second-order valence-electron chi connectivity index (χ2n) is 7.05. The summed E-state index contributed by atoms with van der Waals surface area (Å²) in [5.74, 6) is 0.0904. The van der Waals surface area contributed by atoms with E-state index >= 15 is 0 Å². The molecule has 1 heterocycles. The molecule has 0 saturated carbocycles. The number of hydrogen-bond acceptors (Lipinski definition) is 3. The van der Waals surface area contributed by atoms with Crippen molar-refractivity contribution < 1.29 is 9.59 Å². The van der Waals surface area contributed by atoms with Gasteiger partial charge in [-0.05, 0) is 61.1 Å². The molecule has 28 heavy (non-hydrogen) atoms. The fourth-order valence-electron chi connectivity index (χ4n) is 3.15. The highest BCUT2D eigenvalue weighted by Gasteiger charge is 2.13. The van der Waals surface area contributed by atoms with Crippen LogP contribution in [-0.2, 0) is 9.59 Å². The summed E-state index contributed by atoms with van der Waals surface area (Å²) in [4.78, 5) is 30.6. The van der Waals surface area contributed by atoms with Crippen LogP contribution in [0.1, 0.15) is 51.5 Å². The monoisotopic (exact) mass is 381 g/mol. The molecule has 0 fully saturated rings. The highest BCUT2D eigenvalue weighted by atomic mass is 16.2.